The Balaban J connectivity index is 1.67. The van der Waals surface area contributed by atoms with Crippen molar-refractivity contribution >= 4 is 12.4 Å². The van der Waals surface area contributed by atoms with E-state index in [9.17, 15) is 0 Å². The fraction of sp³-hybridized carbons (Fsp3) is 0.375. The Labute approximate surface area is 119 Å². The second-order valence-corrected chi connectivity index (χ2v) is 5.23. The highest BCUT2D eigenvalue weighted by atomic mass is 14.9. The first kappa shape index (κ1) is 12.9. The highest BCUT2D eigenvalue weighted by molar-refractivity contribution is 5.78. The SMILES string of the molecule is C(=N\[C@H]1CCCC[C@@H]1/N=C/c1ccc[nH]1)/c1ccc[nH]1. The topological polar surface area (TPSA) is 56.3 Å². The van der Waals surface area contributed by atoms with E-state index >= 15 is 0 Å². The highest BCUT2D eigenvalue weighted by Crippen LogP contribution is 2.23. The van der Waals surface area contributed by atoms with Gasteiger partial charge in [-0.2, -0.15) is 0 Å². The lowest BCUT2D eigenvalue weighted by Gasteiger charge is -2.25. The molecule has 20 heavy (non-hydrogen) atoms. The average molecular weight is 268 g/mol. The molecule has 2 aromatic heterocycles. The minimum atomic E-state index is 0.304. The van der Waals surface area contributed by atoms with Gasteiger partial charge in [0.2, 0.25) is 0 Å². The number of hydrogen-bond donors (Lipinski definition) is 2. The van der Waals surface area contributed by atoms with Crippen LogP contribution < -0.4 is 0 Å². The molecule has 0 radical (unpaired) electrons. The van der Waals surface area contributed by atoms with E-state index in [-0.39, 0.29) is 0 Å². The summed E-state index contributed by atoms with van der Waals surface area (Å²) in [5.41, 5.74) is 2.12. The summed E-state index contributed by atoms with van der Waals surface area (Å²) in [7, 11) is 0. The molecule has 4 heteroatoms. The van der Waals surface area contributed by atoms with E-state index in [0.717, 1.165) is 24.2 Å². The van der Waals surface area contributed by atoms with E-state index in [1.807, 2.05) is 49.1 Å². The molecule has 2 atom stereocenters. The average Bonchev–Trinajstić information content (AvgIpc) is 3.17. The number of nitrogens with zero attached hydrogens (tertiary/aromatic N) is 2. The van der Waals surface area contributed by atoms with Crippen molar-refractivity contribution in [2.45, 2.75) is 37.8 Å². The predicted molar refractivity (Wildman–Crippen MR) is 82.8 cm³/mol. The molecule has 0 aliphatic heterocycles. The summed E-state index contributed by atoms with van der Waals surface area (Å²) in [6.45, 7) is 0. The molecule has 1 fully saturated rings. The predicted octanol–water partition coefficient (Wildman–Crippen LogP) is 3.19. The van der Waals surface area contributed by atoms with Crippen LogP contribution in [-0.2, 0) is 0 Å². The maximum absolute atomic E-state index is 4.73. The van der Waals surface area contributed by atoms with Crippen molar-refractivity contribution in [1.82, 2.24) is 9.97 Å². The van der Waals surface area contributed by atoms with Gasteiger partial charge in [-0.1, -0.05) is 12.8 Å². The molecule has 2 aromatic rings. The van der Waals surface area contributed by atoms with E-state index in [1.165, 1.54) is 12.8 Å². The highest BCUT2D eigenvalue weighted by Gasteiger charge is 2.23. The molecule has 0 unspecified atom stereocenters. The first-order valence-electron chi connectivity index (χ1n) is 7.25. The van der Waals surface area contributed by atoms with Crippen LogP contribution in [0.4, 0.5) is 0 Å². The largest absolute Gasteiger partial charge is 0.360 e. The molecule has 0 aromatic carbocycles. The smallest absolute Gasteiger partial charge is 0.0723 e. The fourth-order valence-electron chi connectivity index (χ4n) is 2.64. The maximum Gasteiger partial charge on any atom is 0.0723 e. The van der Waals surface area contributed by atoms with Crippen molar-refractivity contribution in [2.24, 2.45) is 9.98 Å². The monoisotopic (exact) mass is 268 g/mol. The van der Waals surface area contributed by atoms with Gasteiger partial charge < -0.3 is 9.97 Å². The van der Waals surface area contributed by atoms with Crippen LogP contribution in [0.1, 0.15) is 37.1 Å². The van der Waals surface area contributed by atoms with E-state index < -0.39 is 0 Å². The lowest BCUT2D eigenvalue weighted by Crippen LogP contribution is -2.27. The molecule has 1 aliphatic carbocycles. The Bertz CT molecular complexity index is 499. The van der Waals surface area contributed by atoms with Gasteiger partial charge in [0.05, 0.1) is 23.5 Å². The number of rotatable bonds is 4. The van der Waals surface area contributed by atoms with E-state index in [0.29, 0.717) is 12.1 Å². The van der Waals surface area contributed by atoms with Gasteiger partial charge in [-0.15, -0.1) is 0 Å². The third-order valence-corrected chi connectivity index (χ3v) is 3.75. The number of aromatic amines is 2. The van der Waals surface area contributed by atoms with Crippen LogP contribution in [-0.4, -0.2) is 34.5 Å². The number of aliphatic imine (C=N–C) groups is 2. The van der Waals surface area contributed by atoms with Crippen molar-refractivity contribution in [3.63, 3.8) is 0 Å². The quantitative estimate of drug-likeness (QED) is 0.800. The Kier molecular flexibility index (Phi) is 4.11. The Morgan fingerprint density at radius 2 is 1.35 bits per heavy atom. The maximum atomic E-state index is 4.73. The summed E-state index contributed by atoms with van der Waals surface area (Å²) < 4.78 is 0. The minimum Gasteiger partial charge on any atom is -0.360 e. The molecule has 2 N–H and O–H groups in total. The molecular formula is C16H20N4. The molecule has 0 amide bonds. The van der Waals surface area contributed by atoms with Gasteiger partial charge >= 0.3 is 0 Å². The summed E-state index contributed by atoms with van der Waals surface area (Å²) in [6, 6.07) is 8.65. The zero-order valence-corrected chi connectivity index (χ0v) is 11.5. The molecular weight excluding hydrogens is 248 g/mol. The molecule has 4 nitrogen and oxygen atoms in total. The summed E-state index contributed by atoms with van der Waals surface area (Å²) in [4.78, 5) is 15.8. The van der Waals surface area contributed by atoms with Crippen LogP contribution in [0, 0.1) is 0 Å². The molecule has 1 aliphatic rings. The van der Waals surface area contributed by atoms with Crippen LogP contribution in [0.5, 0.6) is 0 Å². The van der Waals surface area contributed by atoms with E-state index in [2.05, 4.69) is 9.97 Å². The third kappa shape index (κ3) is 3.26. The van der Waals surface area contributed by atoms with Gasteiger partial charge in [0.15, 0.2) is 0 Å². The van der Waals surface area contributed by atoms with Gasteiger partial charge in [-0.05, 0) is 37.1 Å². The van der Waals surface area contributed by atoms with Crippen molar-refractivity contribution in [3.05, 3.63) is 48.0 Å². The van der Waals surface area contributed by atoms with Crippen molar-refractivity contribution in [2.75, 3.05) is 0 Å². The first-order chi connectivity index (χ1) is 9.92. The zero-order chi connectivity index (χ0) is 13.6. The lowest BCUT2D eigenvalue weighted by atomic mass is 9.91. The number of H-pyrrole nitrogens is 2. The van der Waals surface area contributed by atoms with E-state index in [1.54, 1.807) is 0 Å². The molecule has 2 heterocycles. The first-order valence-corrected chi connectivity index (χ1v) is 7.25. The van der Waals surface area contributed by atoms with Gasteiger partial charge in [0, 0.05) is 24.8 Å². The summed E-state index contributed by atoms with van der Waals surface area (Å²) >= 11 is 0. The van der Waals surface area contributed by atoms with Crippen molar-refractivity contribution < 1.29 is 0 Å². The summed E-state index contributed by atoms with van der Waals surface area (Å²) in [5.74, 6) is 0. The van der Waals surface area contributed by atoms with Gasteiger partial charge in [-0.25, -0.2) is 0 Å². The normalized spacial score (nSPS) is 23.8. The Morgan fingerprint density at radius 1 is 0.850 bits per heavy atom. The molecule has 104 valence electrons. The van der Waals surface area contributed by atoms with Crippen LogP contribution in [0.2, 0.25) is 0 Å². The third-order valence-electron chi connectivity index (χ3n) is 3.75. The second-order valence-electron chi connectivity index (χ2n) is 5.23. The zero-order valence-electron chi connectivity index (χ0n) is 11.5. The van der Waals surface area contributed by atoms with E-state index in [4.69, 9.17) is 9.98 Å². The van der Waals surface area contributed by atoms with Crippen LogP contribution in [0.3, 0.4) is 0 Å². The second kappa shape index (κ2) is 6.37. The number of hydrogen-bond acceptors (Lipinski definition) is 2. The van der Waals surface area contributed by atoms with Crippen LogP contribution in [0.15, 0.2) is 46.6 Å². The standard InChI is InChI=1S/C16H20N4/c1-2-8-16(20-12-14-6-4-10-18-14)15(7-1)19-11-13-5-3-9-17-13/h3-6,9-12,15-18H,1-2,7-8H2/b19-11+,20-12+/t15-,16-/m0/s1. The van der Waals surface area contributed by atoms with Crippen LogP contribution >= 0.6 is 0 Å². The van der Waals surface area contributed by atoms with Crippen molar-refractivity contribution in [3.8, 4) is 0 Å². The summed E-state index contributed by atoms with van der Waals surface area (Å²) in [5, 5.41) is 0. The molecule has 0 bridgehead atoms. The molecule has 1 saturated carbocycles. The Hall–Kier alpha value is -2.10. The number of aromatic nitrogens is 2. The number of nitrogens with one attached hydrogen (secondary N) is 2. The lowest BCUT2D eigenvalue weighted by molar-refractivity contribution is 0.390. The van der Waals surface area contributed by atoms with Gasteiger partial charge in [-0.3, -0.25) is 9.98 Å². The van der Waals surface area contributed by atoms with Gasteiger partial charge in [0.1, 0.15) is 0 Å². The molecule has 3 rings (SSSR count). The van der Waals surface area contributed by atoms with Crippen LogP contribution in [0.25, 0.3) is 0 Å². The Morgan fingerprint density at radius 3 is 1.75 bits per heavy atom. The molecule has 0 spiro atoms. The fourth-order valence-corrected chi connectivity index (χ4v) is 2.64. The van der Waals surface area contributed by atoms with Crippen molar-refractivity contribution in [1.29, 1.82) is 0 Å². The summed E-state index contributed by atoms with van der Waals surface area (Å²) in [6.07, 6.45) is 12.5. The minimum absolute atomic E-state index is 0.304. The van der Waals surface area contributed by atoms with Gasteiger partial charge in [0.25, 0.3) is 0 Å². The molecule has 0 saturated heterocycles.